The van der Waals surface area contributed by atoms with E-state index in [0.717, 1.165) is 58.2 Å². The molecular formula is C29H54O3. The van der Waals surface area contributed by atoms with Crippen LogP contribution in [-0.4, -0.2) is 25.8 Å². The fraction of sp³-hybridized carbons (Fsp3) is 0.828. The molecule has 0 aromatic rings. The maximum atomic E-state index is 11.8. The summed E-state index contributed by atoms with van der Waals surface area (Å²) in [5.74, 6) is -0.0219. The first-order chi connectivity index (χ1) is 15.8. The van der Waals surface area contributed by atoms with Crippen molar-refractivity contribution in [2.24, 2.45) is 0 Å². The molecule has 0 saturated carbocycles. The lowest BCUT2D eigenvalue weighted by atomic mass is 10.1. The van der Waals surface area contributed by atoms with Crippen molar-refractivity contribution in [3.8, 4) is 0 Å². The zero-order chi connectivity index (χ0) is 23.4. The molecule has 0 aromatic heterocycles. The molecule has 0 saturated heterocycles. The summed E-state index contributed by atoms with van der Waals surface area (Å²) in [5, 5.41) is 0. The van der Waals surface area contributed by atoms with Crippen molar-refractivity contribution in [2.75, 3.05) is 19.8 Å². The van der Waals surface area contributed by atoms with Crippen LogP contribution in [0.2, 0.25) is 0 Å². The summed E-state index contributed by atoms with van der Waals surface area (Å²) >= 11 is 0. The fourth-order valence-corrected chi connectivity index (χ4v) is 3.84. The maximum absolute atomic E-state index is 11.8. The predicted octanol–water partition coefficient (Wildman–Crippen LogP) is 9.11. The van der Waals surface area contributed by atoms with Crippen LogP contribution < -0.4 is 0 Å². The number of esters is 1. The molecule has 0 aliphatic rings. The molecule has 0 heterocycles. The summed E-state index contributed by atoms with van der Waals surface area (Å²) in [6.07, 6.45) is 29.0. The summed E-state index contributed by atoms with van der Waals surface area (Å²) in [5.41, 5.74) is 0. The van der Waals surface area contributed by atoms with Crippen molar-refractivity contribution < 1.29 is 14.3 Å². The number of carbonyl (C=O) groups excluding carboxylic acids is 1. The van der Waals surface area contributed by atoms with Crippen LogP contribution in [-0.2, 0) is 14.3 Å². The van der Waals surface area contributed by atoms with Gasteiger partial charge in [-0.1, -0.05) is 89.2 Å². The second kappa shape index (κ2) is 27.9. The Hall–Kier alpha value is -1.09. The van der Waals surface area contributed by atoms with Gasteiger partial charge in [0.2, 0.25) is 0 Å². The third kappa shape index (κ3) is 26.9. The average molecular weight is 451 g/mol. The topological polar surface area (TPSA) is 35.5 Å². The first-order valence-corrected chi connectivity index (χ1v) is 13.8. The van der Waals surface area contributed by atoms with Gasteiger partial charge in [-0.05, 0) is 51.4 Å². The van der Waals surface area contributed by atoms with Gasteiger partial charge in [-0.3, -0.25) is 4.79 Å². The van der Waals surface area contributed by atoms with E-state index >= 15 is 0 Å². The molecule has 0 bridgehead atoms. The van der Waals surface area contributed by atoms with Gasteiger partial charge in [0, 0.05) is 19.6 Å². The van der Waals surface area contributed by atoms with E-state index in [1.54, 1.807) is 0 Å². The van der Waals surface area contributed by atoms with E-state index in [-0.39, 0.29) is 5.97 Å². The molecule has 0 spiro atoms. The molecule has 3 nitrogen and oxygen atoms in total. The molecule has 0 unspecified atom stereocenters. The van der Waals surface area contributed by atoms with Crippen LogP contribution in [0, 0.1) is 0 Å². The molecule has 0 aromatic carbocycles. The molecule has 0 fully saturated rings. The highest BCUT2D eigenvalue weighted by Crippen LogP contribution is 2.11. The Balaban J connectivity index is 3.14. The summed E-state index contributed by atoms with van der Waals surface area (Å²) in [6.45, 7) is 9.87. The second-order valence-corrected chi connectivity index (χ2v) is 9.10. The van der Waals surface area contributed by atoms with Gasteiger partial charge in [0.15, 0.2) is 0 Å². The van der Waals surface area contributed by atoms with Crippen molar-refractivity contribution in [1.82, 2.24) is 0 Å². The van der Waals surface area contributed by atoms with E-state index in [4.69, 9.17) is 9.47 Å². The molecule has 0 radical (unpaired) electrons. The molecule has 3 heteroatoms. The van der Waals surface area contributed by atoms with Gasteiger partial charge >= 0.3 is 5.97 Å². The van der Waals surface area contributed by atoms with E-state index in [1.807, 2.05) is 12.2 Å². The third-order valence-corrected chi connectivity index (χ3v) is 5.93. The first kappa shape index (κ1) is 30.9. The van der Waals surface area contributed by atoms with Gasteiger partial charge in [-0.2, -0.15) is 0 Å². The van der Waals surface area contributed by atoms with Crippen LogP contribution in [0.5, 0.6) is 0 Å². The van der Waals surface area contributed by atoms with Crippen LogP contribution in [0.15, 0.2) is 25.3 Å². The van der Waals surface area contributed by atoms with Crippen LogP contribution in [0.4, 0.5) is 0 Å². The number of unbranched alkanes of at least 4 members (excludes halogenated alkanes) is 17. The number of ether oxygens (including phenoxy) is 2. The predicted molar refractivity (Wildman–Crippen MR) is 139 cm³/mol. The Morgan fingerprint density at radius 3 is 1.34 bits per heavy atom. The standard InChI is InChI=1S/C29H54O3/c1-3-5-7-9-11-13-15-18-22-26-31-27-23-20-17-21-25-29(30)32-28-24-19-16-14-12-10-8-6-4-2/h3-4H,1-2,5-28H2. The Kier molecular flexibility index (Phi) is 27.0. The zero-order valence-corrected chi connectivity index (χ0v) is 21.3. The van der Waals surface area contributed by atoms with E-state index in [1.165, 1.54) is 83.5 Å². The minimum absolute atomic E-state index is 0.0219. The van der Waals surface area contributed by atoms with Crippen molar-refractivity contribution in [1.29, 1.82) is 0 Å². The highest BCUT2D eigenvalue weighted by molar-refractivity contribution is 5.69. The molecule has 0 rings (SSSR count). The number of rotatable bonds is 27. The van der Waals surface area contributed by atoms with E-state index < -0.39 is 0 Å². The second-order valence-electron chi connectivity index (χ2n) is 9.10. The largest absolute Gasteiger partial charge is 0.466 e. The molecule has 0 amide bonds. The van der Waals surface area contributed by atoms with Crippen molar-refractivity contribution in [2.45, 2.75) is 135 Å². The van der Waals surface area contributed by atoms with Gasteiger partial charge in [0.1, 0.15) is 0 Å². The Morgan fingerprint density at radius 2 is 0.875 bits per heavy atom. The van der Waals surface area contributed by atoms with Gasteiger partial charge in [0.05, 0.1) is 6.61 Å². The monoisotopic (exact) mass is 450 g/mol. The Morgan fingerprint density at radius 1 is 0.500 bits per heavy atom. The summed E-state index contributed by atoms with van der Waals surface area (Å²) in [4.78, 5) is 11.8. The lowest BCUT2D eigenvalue weighted by molar-refractivity contribution is -0.143. The molecule has 0 atom stereocenters. The Labute approximate surface area is 200 Å². The minimum Gasteiger partial charge on any atom is -0.466 e. The smallest absolute Gasteiger partial charge is 0.305 e. The van der Waals surface area contributed by atoms with E-state index in [2.05, 4.69) is 13.2 Å². The molecule has 0 aliphatic carbocycles. The molecule has 32 heavy (non-hydrogen) atoms. The molecule has 0 aliphatic heterocycles. The highest BCUT2D eigenvalue weighted by atomic mass is 16.5. The summed E-state index contributed by atoms with van der Waals surface area (Å²) in [7, 11) is 0. The van der Waals surface area contributed by atoms with Gasteiger partial charge < -0.3 is 9.47 Å². The average Bonchev–Trinajstić information content (AvgIpc) is 2.80. The number of allylic oxidation sites excluding steroid dienone is 2. The zero-order valence-electron chi connectivity index (χ0n) is 21.3. The van der Waals surface area contributed by atoms with Crippen molar-refractivity contribution in [3.63, 3.8) is 0 Å². The minimum atomic E-state index is -0.0219. The maximum Gasteiger partial charge on any atom is 0.305 e. The van der Waals surface area contributed by atoms with Gasteiger partial charge in [-0.15, -0.1) is 13.2 Å². The van der Waals surface area contributed by atoms with Crippen LogP contribution in [0.25, 0.3) is 0 Å². The Bertz CT molecular complexity index is 405. The van der Waals surface area contributed by atoms with Crippen LogP contribution >= 0.6 is 0 Å². The molecule has 188 valence electrons. The fourth-order valence-electron chi connectivity index (χ4n) is 3.84. The summed E-state index contributed by atoms with van der Waals surface area (Å²) in [6, 6.07) is 0. The number of hydrogen-bond donors (Lipinski definition) is 0. The van der Waals surface area contributed by atoms with Crippen molar-refractivity contribution in [3.05, 3.63) is 25.3 Å². The van der Waals surface area contributed by atoms with Gasteiger partial charge in [-0.25, -0.2) is 0 Å². The first-order valence-electron chi connectivity index (χ1n) is 13.8. The van der Waals surface area contributed by atoms with Crippen molar-refractivity contribution >= 4 is 5.97 Å². The highest BCUT2D eigenvalue weighted by Gasteiger charge is 2.02. The normalized spacial score (nSPS) is 10.9. The number of carbonyl (C=O) groups is 1. The number of hydrogen-bond acceptors (Lipinski definition) is 3. The van der Waals surface area contributed by atoms with E-state index in [9.17, 15) is 4.79 Å². The quantitative estimate of drug-likeness (QED) is 0.0711. The lowest BCUT2D eigenvalue weighted by Crippen LogP contribution is -2.05. The van der Waals surface area contributed by atoms with Crippen LogP contribution in [0.3, 0.4) is 0 Å². The summed E-state index contributed by atoms with van der Waals surface area (Å²) < 4.78 is 11.1. The van der Waals surface area contributed by atoms with E-state index in [0.29, 0.717) is 13.0 Å². The lowest BCUT2D eigenvalue weighted by Gasteiger charge is -2.06. The molecular weight excluding hydrogens is 396 g/mol. The van der Waals surface area contributed by atoms with Gasteiger partial charge in [0.25, 0.3) is 0 Å². The third-order valence-electron chi connectivity index (χ3n) is 5.93. The van der Waals surface area contributed by atoms with Crippen LogP contribution in [0.1, 0.15) is 135 Å². The molecule has 0 N–H and O–H groups in total. The SMILES string of the molecule is C=CCCCCCCCCCOCCCCCCC(=O)OCCCCCCCCCC=C.